The van der Waals surface area contributed by atoms with Gasteiger partial charge in [-0.15, -0.1) is 0 Å². The summed E-state index contributed by atoms with van der Waals surface area (Å²) >= 11 is 0. The van der Waals surface area contributed by atoms with Gasteiger partial charge in [-0.05, 0) is 36.2 Å². The second kappa shape index (κ2) is 10.9. The van der Waals surface area contributed by atoms with Crippen molar-refractivity contribution in [3.63, 3.8) is 0 Å². The molecule has 0 saturated carbocycles. The van der Waals surface area contributed by atoms with Crippen molar-refractivity contribution >= 4 is 17.7 Å². The minimum absolute atomic E-state index is 0.0503. The van der Waals surface area contributed by atoms with E-state index in [1.807, 2.05) is 30.3 Å². The normalized spacial score (nSPS) is 10.4. The van der Waals surface area contributed by atoms with Crippen LogP contribution in [0.3, 0.4) is 0 Å². The molecule has 0 spiro atoms. The standard InChI is InChI=1S/C23H25N5O4/c1-2-32-23(31)26-19-5-3-4-17(12-19)15-28-22(30)11-10-20(27-28)18-8-6-16(7-9-18)14-25-21(29)13-24/h3-12H,2,13-15,24H2,1H3,(H,25,29)(H,26,31). The van der Waals surface area contributed by atoms with Gasteiger partial charge in [0.2, 0.25) is 5.91 Å². The van der Waals surface area contributed by atoms with Crippen LogP contribution in [-0.2, 0) is 22.6 Å². The van der Waals surface area contributed by atoms with E-state index in [2.05, 4.69) is 15.7 Å². The predicted molar refractivity (Wildman–Crippen MR) is 121 cm³/mol. The average Bonchev–Trinajstić information content (AvgIpc) is 2.79. The van der Waals surface area contributed by atoms with Crippen molar-refractivity contribution in [1.82, 2.24) is 15.1 Å². The Morgan fingerprint density at radius 3 is 2.56 bits per heavy atom. The molecule has 0 radical (unpaired) electrons. The number of carbonyl (C=O) groups is 2. The quantitative estimate of drug-likeness (QED) is 0.497. The fraction of sp³-hybridized carbons (Fsp3) is 0.217. The van der Waals surface area contributed by atoms with Crippen LogP contribution in [0.15, 0.2) is 65.5 Å². The third kappa shape index (κ3) is 6.26. The van der Waals surface area contributed by atoms with E-state index < -0.39 is 6.09 Å². The second-order valence-electron chi connectivity index (χ2n) is 6.94. The van der Waals surface area contributed by atoms with Crippen molar-refractivity contribution in [2.45, 2.75) is 20.0 Å². The molecule has 9 nitrogen and oxygen atoms in total. The maximum Gasteiger partial charge on any atom is 0.411 e. The number of hydrogen-bond donors (Lipinski definition) is 3. The second-order valence-corrected chi connectivity index (χ2v) is 6.94. The van der Waals surface area contributed by atoms with E-state index in [4.69, 9.17) is 10.5 Å². The van der Waals surface area contributed by atoms with Gasteiger partial charge in [0.25, 0.3) is 5.56 Å². The Morgan fingerprint density at radius 2 is 1.84 bits per heavy atom. The lowest BCUT2D eigenvalue weighted by atomic mass is 10.1. The molecular weight excluding hydrogens is 410 g/mol. The van der Waals surface area contributed by atoms with Crippen molar-refractivity contribution in [3.05, 3.63) is 82.1 Å². The number of nitrogens with zero attached hydrogens (tertiary/aromatic N) is 2. The summed E-state index contributed by atoms with van der Waals surface area (Å²) in [6.45, 7) is 2.59. The first kappa shape index (κ1) is 22.7. The van der Waals surface area contributed by atoms with Crippen LogP contribution in [-0.4, -0.2) is 34.9 Å². The highest BCUT2D eigenvalue weighted by Gasteiger charge is 2.07. The van der Waals surface area contributed by atoms with Crippen LogP contribution < -0.4 is 21.9 Å². The van der Waals surface area contributed by atoms with Crippen LogP contribution in [0.5, 0.6) is 0 Å². The number of amides is 2. The topological polar surface area (TPSA) is 128 Å². The Balaban J connectivity index is 1.74. The van der Waals surface area contributed by atoms with E-state index in [1.165, 1.54) is 10.7 Å². The van der Waals surface area contributed by atoms with Gasteiger partial charge in [-0.25, -0.2) is 9.48 Å². The van der Waals surface area contributed by atoms with Crippen molar-refractivity contribution in [3.8, 4) is 11.3 Å². The number of rotatable bonds is 8. The zero-order valence-corrected chi connectivity index (χ0v) is 17.7. The third-order valence-corrected chi connectivity index (χ3v) is 4.57. The number of hydrogen-bond acceptors (Lipinski definition) is 6. The highest BCUT2D eigenvalue weighted by atomic mass is 16.5. The summed E-state index contributed by atoms with van der Waals surface area (Å²) in [6, 6.07) is 17.8. The van der Waals surface area contributed by atoms with Gasteiger partial charge in [0.1, 0.15) is 0 Å². The molecule has 0 atom stereocenters. The van der Waals surface area contributed by atoms with Crippen LogP contribution in [0.25, 0.3) is 11.3 Å². The molecular formula is C23H25N5O4. The largest absolute Gasteiger partial charge is 0.450 e. The summed E-state index contributed by atoms with van der Waals surface area (Å²) in [5.41, 5.74) is 8.83. The van der Waals surface area contributed by atoms with Crippen LogP contribution in [0.4, 0.5) is 10.5 Å². The third-order valence-electron chi connectivity index (χ3n) is 4.57. The lowest BCUT2D eigenvalue weighted by molar-refractivity contribution is -0.119. The minimum Gasteiger partial charge on any atom is -0.450 e. The maximum absolute atomic E-state index is 12.3. The molecule has 2 aromatic carbocycles. The summed E-state index contributed by atoms with van der Waals surface area (Å²) in [6.07, 6.45) is -0.534. The average molecular weight is 435 g/mol. The first-order valence-corrected chi connectivity index (χ1v) is 10.2. The van der Waals surface area contributed by atoms with E-state index in [1.54, 1.807) is 31.2 Å². The molecule has 0 unspecified atom stereocenters. The van der Waals surface area contributed by atoms with E-state index in [0.29, 0.717) is 17.9 Å². The number of nitrogens with two attached hydrogens (primary N) is 1. The van der Waals surface area contributed by atoms with E-state index >= 15 is 0 Å². The molecule has 4 N–H and O–H groups in total. The molecule has 2 amide bonds. The van der Waals surface area contributed by atoms with Gasteiger partial charge in [-0.1, -0.05) is 36.4 Å². The lowest BCUT2D eigenvalue weighted by Gasteiger charge is -2.10. The van der Waals surface area contributed by atoms with Gasteiger partial charge in [0.05, 0.1) is 25.4 Å². The van der Waals surface area contributed by atoms with E-state index in [0.717, 1.165) is 16.7 Å². The summed E-state index contributed by atoms with van der Waals surface area (Å²) < 4.78 is 6.25. The first-order valence-electron chi connectivity index (χ1n) is 10.2. The molecule has 9 heteroatoms. The molecule has 1 aromatic heterocycles. The Labute approximate surface area is 185 Å². The molecule has 3 rings (SSSR count). The Hall–Kier alpha value is -3.98. The lowest BCUT2D eigenvalue weighted by Crippen LogP contribution is -2.29. The summed E-state index contributed by atoms with van der Waals surface area (Å²) in [5, 5.41) is 9.84. The van der Waals surface area contributed by atoms with E-state index in [-0.39, 0.29) is 31.2 Å². The Morgan fingerprint density at radius 1 is 1.06 bits per heavy atom. The molecule has 0 fully saturated rings. The molecule has 0 aliphatic carbocycles. The number of anilines is 1. The highest BCUT2D eigenvalue weighted by Crippen LogP contribution is 2.17. The van der Waals surface area contributed by atoms with Crippen LogP contribution >= 0.6 is 0 Å². The number of ether oxygens (including phenoxy) is 1. The molecule has 0 bridgehead atoms. The van der Waals surface area contributed by atoms with Crippen molar-refractivity contribution in [2.24, 2.45) is 5.73 Å². The number of aromatic nitrogens is 2. The Kier molecular flexibility index (Phi) is 7.71. The van der Waals surface area contributed by atoms with Crippen molar-refractivity contribution in [2.75, 3.05) is 18.5 Å². The van der Waals surface area contributed by atoms with Crippen molar-refractivity contribution < 1.29 is 14.3 Å². The molecule has 0 aliphatic rings. The summed E-state index contributed by atoms with van der Waals surface area (Å²) in [4.78, 5) is 35.3. The predicted octanol–water partition coefficient (Wildman–Crippen LogP) is 2.10. The number of nitrogens with one attached hydrogen (secondary N) is 2. The van der Waals surface area contributed by atoms with Gasteiger partial charge in [0, 0.05) is 23.9 Å². The number of carbonyl (C=O) groups excluding carboxylic acids is 2. The fourth-order valence-corrected chi connectivity index (χ4v) is 2.99. The van der Waals surface area contributed by atoms with Crippen molar-refractivity contribution in [1.29, 1.82) is 0 Å². The first-order chi connectivity index (χ1) is 15.5. The van der Waals surface area contributed by atoms with Gasteiger partial charge >= 0.3 is 6.09 Å². The maximum atomic E-state index is 12.3. The molecule has 32 heavy (non-hydrogen) atoms. The van der Waals surface area contributed by atoms with Gasteiger partial charge in [-0.2, -0.15) is 5.10 Å². The van der Waals surface area contributed by atoms with E-state index in [9.17, 15) is 14.4 Å². The number of benzene rings is 2. The molecule has 1 heterocycles. The molecule has 3 aromatic rings. The summed E-state index contributed by atoms with van der Waals surface area (Å²) in [5.74, 6) is -0.218. The molecule has 0 aliphatic heterocycles. The van der Waals surface area contributed by atoms with Gasteiger partial charge in [-0.3, -0.25) is 14.9 Å². The van der Waals surface area contributed by atoms with Crippen LogP contribution in [0.2, 0.25) is 0 Å². The van der Waals surface area contributed by atoms with Gasteiger partial charge < -0.3 is 15.8 Å². The molecule has 0 saturated heterocycles. The zero-order valence-electron chi connectivity index (χ0n) is 17.7. The zero-order chi connectivity index (χ0) is 22.9. The SMILES string of the molecule is CCOC(=O)Nc1cccc(Cn2nc(-c3ccc(CNC(=O)CN)cc3)ccc2=O)c1. The molecule has 166 valence electrons. The monoisotopic (exact) mass is 435 g/mol. The van der Waals surface area contributed by atoms with Gasteiger partial charge in [0.15, 0.2) is 0 Å². The van der Waals surface area contributed by atoms with Crippen LogP contribution in [0.1, 0.15) is 18.1 Å². The van der Waals surface area contributed by atoms with Crippen LogP contribution in [0, 0.1) is 0 Å². The fourth-order valence-electron chi connectivity index (χ4n) is 2.99. The highest BCUT2D eigenvalue weighted by molar-refractivity contribution is 5.84. The smallest absolute Gasteiger partial charge is 0.411 e. The Bertz CT molecular complexity index is 1140. The summed E-state index contributed by atoms with van der Waals surface area (Å²) in [7, 11) is 0. The minimum atomic E-state index is -0.534.